The standard InChI is InChI=1S/C13H20N2O4S/c1-10(2)6-7-11-4-3-5-12(8-11)15-13(16)14-9-20(17,18)19/h3-5,8,10H,6-7,9H2,1-2H3,(H2,14,15,16)(H,17,18,19). The number of rotatable bonds is 6. The molecule has 0 heterocycles. The first kappa shape index (κ1) is 16.5. The van der Waals surface area contributed by atoms with Crippen molar-refractivity contribution in [3.8, 4) is 0 Å². The molecule has 1 rings (SSSR count). The van der Waals surface area contributed by atoms with Crippen LogP contribution in [0.1, 0.15) is 25.8 Å². The van der Waals surface area contributed by atoms with Crippen LogP contribution < -0.4 is 10.6 Å². The fourth-order valence-corrected chi connectivity index (χ4v) is 1.91. The molecule has 0 radical (unpaired) electrons. The van der Waals surface area contributed by atoms with E-state index in [9.17, 15) is 13.2 Å². The van der Waals surface area contributed by atoms with Gasteiger partial charge in [-0.25, -0.2) is 4.79 Å². The van der Waals surface area contributed by atoms with Gasteiger partial charge in [0.2, 0.25) is 0 Å². The Hall–Kier alpha value is -1.60. The Kier molecular flexibility index (Phi) is 5.97. The second-order valence-corrected chi connectivity index (χ2v) is 6.44. The van der Waals surface area contributed by atoms with E-state index < -0.39 is 22.0 Å². The van der Waals surface area contributed by atoms with Crippen LogP contribution in [0.3, 0.4) is 0 Å². The Balaban J connectivity index is 2.55. The number of anilines is 1. The molecule has 0 aromatic heterocycles. The molecule has 0 unspecified atom stereocenters. The lowest BCUT2D eigenvalue weighted by molar-refractivity contribution is 0.253. The molecule has 2 amide bonds. The molecule has 0 saturated heterocycles. The maximum Gasteiger partial charge on any atom is 0.320 e. The van der Waals surface area contributed by atoms with E-state index in [1.807, 2.05) is 18.2 Å². The van der Waals surface area contributed by atoms with Gasteiger partial charge in [-0.15, -0.1) is 0 Å². The third kappa shape index (κ3) is 7.10. The van der Waals surface area contributed by atoms with E-state index in [0.717, 1.165) is 18.4 Å². The van der Waals surface area contributed by atoms with Crippen LogP contribution in [0.5, 0.6) is 0 Å². The quantitative estimate of drug-likeness (QED) is 0.702. The molecule has 7 heteroatoms. The first-order chi connectivity index (χ1) is 9.26. The summed E-state index contributed by atoms with van der Waals surface area (Å²) in [5, 5.41) is 4.57. The van der Waals surface area contributed by atoms with Crippen molar-refractivity contribution < 1.29 is 17.8 Å². The second-order valence-electron chi connectivity index (χ2n) is 4.99. The van der Waals surface area contributed by atoms with Crippen LogP contribution in [-0.4, -0.2) is 24.9 Å². The molecule has 0 aliphatic rings. The minimum absolute atomic E-state index is 0.582. The van der Waals surface area contributed by atoms with Crippen LogP contribution >= 0.6 is 0 Å². The fourth-order valence-electron chi connectivity index (χ4n) is 1.59. The summed E-state index contributed by atoms with van der Waals surface area (Å²) in [6, 6.07) is 6.68. The van der Waals surface area contributed by atoms with Crippen molar-refractivity contribution in [1.29, 1.82) is 0 Å². The molecule has 6 nitrogen and oxygen atoms in total. The summed E-state index contributed by atoms with van der Waals surface area (Å²) in [4.78, 5) is 11.4. The topological polar surface area (TPSA) is 95.5 Å². The van der Waals surface area contributed by atoms with E-state index >= 15 is 0 Å². The van der Waals surface area contributed by atoms with Crippen LogP contribution in [0.4, 0.5) is 10.5 Å². The predicted molar refractivity (Wildman–Crippen MR) is 78.2 cm³/mol. The molecule has 0 aliphatic heterocycles. The summed E-state index contributed by atoms with van der Waals surface area (Å²) in [7, 11) is -4.21. The Bertz CT molecular complexity index is 555. The van der Waals surface area contributed by atoms with Crippen molar-refractivity contribution >= 4 is 21.8 Å². The lowest BCUT2D eigenvalue weighted by atomic mass is 10.0. The zero-order chi connectivity index (χ0) is 15.2. The highest BCUT2D eigenvalue weighted by molar-refractivity contribution is 7.85. The van der Waals surface area contributed by atoms with Gasteiger partial charge in [0.25, 0.3) is 10.1 Å². The van der Waals surface area contributed by atoms with E-state index in [2.05, 4.69) is 24.5 Å². The molecule has 1 aromatic carbocycles. The second kappa shape index (κ2) is 7.25. The maximum atomic E-state index is 11.4. The van der Waals surface area contributed by atoms with Gasteiger partial charge in [0.15, 0.2) is 0 Å². The van der Waals surface area contributed by atoms with Gasteiger partial charge in [-0.3, -0.25) is 4.55 Å². The van der Waals surface area contributed by atoms with Crippen molar-refractivity contribution in [1.82, 2.24) is 5.32 Å². The summed E-state index contributed by atoms with van der Waals surface area (Å²) < 4.78 is 29.5. The van der Waals surface area contributed by atoms with Crippen LogP contribution in [-0.2, 0) is 16.5 Å². The SMILES string of the molecule is CC(C)CCc1cccc(NC(=O)NCS(=O)(=O)O)c1. The lowest BCUT2D eigenvalue weighted by Gasteiger charge is -2.09. The number of urea groups is 1. The van der Waals surface area contributed by atoms with Crippen molar-refractivity contribution in [3.05, 3.63) is 29.8 Å². The third-order valence-electron chi connectivity index (χ3n) is 2.61. The number of nitrogens with one attached hydrogen (secondary N) is 2. The van der Waals surface area contributed by atoms with Crippen LogP contribution in [0.25, 0.3) is 0 Å². The van der Waals surface area contributed by atoms with Gasteiger partial charge >= 0.3 is 6.03 Å². The normalized spacial score (nSPS) is 11.4. The van der Waals surface area contributed by atoms with E-state index in [1.165, 1.54) is 0 Å². The van der Waals surface area contributed by atoms with Gasteiger partial charge in [-0.05, 0) is 36.5 Å². The Morgan fingerprint density at radius 2 is 2.05 bits per heavy atom. The maximum absolute atomic E-state index is 11.4. The number of hydrogen-bond acceptors (Lipinski definition) is 3. The Labute approximate surface area is 119 Å². The summed E-state index contributed by atoms with van der Waals surface area (Å²) in [5.41, 5.74) is 1.69. The van der Waals surface area contributed by atoms with E-state index in [4.69, 9.17) is 4.55 Å². The Morgan fingerprint density at radius 3 is 2.65 bits per heavy atom. The van der Waals surface area contributed by atoms with Gasteiger partial charge in [0, 0.05) is 5.69 Å². The summed E-state index contributed by atoms with van der Waals surface area (Å²) >= 11 is 0. The molecule has 0 aliphatic carbocycles. The highest BCUT2D eigenvalue weighted by atomic mass is 32.2. The molecule has 112 valence electrons. The monoisotopic (exact) mass is 300 g/mol. The molecule has 0 saturated carbocycles. The van der Waals surface area contributed by atoms with Crippen molar-refractivity contribution in [2.24, 2.45) is 5.92 Å². The summed E-state index contributed by atoms with van der Waals surface area (Å²) in [6.07, 6.45) is 1.97. The van der Waals surface area contributed by atoms with Crippen molar-refractivity contribution in [3.63, 3.8) is 0 Å². The van der Waals surface area contributed by atoms with Gasteiger partial charge in [-0.1, -0.05) is 26.0 Å². The third-order valence-corrected chi connectivity index (χ3v) is 3.12. The number of benzene rings is 1. The molecule has 0 spiro atoms. The lowest BCUT2D eigenvalue weighted by Crippen LogP contribution is -2.33. The van der Waals surface area contributed by atoms with E-state index in [0.29, 0.717) is 11.6 Å². The highest BCUT2D eigenvalue weighted by Crippen LogP contribution is 2.14. The molecule has 3 N–H and O–H groups in total. The van der Waals surface area contributed by atoms with Crippen LogP contribution in [0.2, 0.25) is 0 Å². The first-order valence-corrected chi connectivity index (χ1v) is 7.96. The Morgan fingerprint density at radius 1 is 1.35 bits per heavy atom. The van der Waals surface area contributed by atoms with Crippen LogP contribution in [0, 0.1) is 5.92 Å². The molecule has 1 aromatic rings. The van der Waals surface area contributed by atoms with E-state index in [-0.39, 0.29) is 0 Å². The molecular formula is C13H20N2O4S. The van der Waals surface area contributed by atoms with E-state index in [1.54, 1.807) is 6.07 Å². The average molecular weight is 300 g/mol. The highest BCUT2D eigenvalue weighted by Gasteiger charge is 2.08. The van der Waals surface area contributed by atoms with Gasteiger partial charge in [-0.2, -0.15) is 8.42 Å². The molecule has 0 atom stereocenters. The van der Waals surface area contributed by atoms with Crippen molar-refractivity contribution in [2.75, 3.05) is 11.2 Å². The minimum Gasteiger partial charge on any atom is -0.321 e. The van der Waals surface area contributed by atoms with Crippen molar-refractivity contribution in [2.45, 2.75) is 26.7 Å². The van der Waals surface area contributed by atoms with Gasteiger partial charge < -0.3 is 10.6 Å². The number of hydrogen-bond donors (Lipinski definition) is 3. The van der Waals surface area contributed by atoms with Gasteiger partial charge in [0.1, 0.15) is 5.88 Å². The summed E-state index contributed by atoms with van der Waals surface area (Å²) in [5.74, 6) is -0.212. The first-order valence-electron chi connectivity index (χ1n) is 6.35. The minimum atomic E-state index is -4.21. The molecule has 0 fully saturated rings. The molecule has 0 bridgehead atoms. The predicted octanol–water partition coefficient (Wildman–Crippen LogP) is 2.24. The largest absolute Gasteiger partial charge is 0.321 e. The zero-order valence-corrected chi connectivity index (χ0v) is 12.4. The smallest absolute Gasteiger partial charge is 0.320 e. The zero-order valence-electron chi connectivity index (χ0n) is 11.6. The fraction of sp³-hybridized carbons (Fsp3) is 0.462. The number of aryl methyl sites for hydroxylation is 1. The number of carbonyl (C=O) groups is 1. The average Bonchev–Trinajstić information content (AvgIpc) is 2.34. The van der Waals surface area contributed by atoms with Crippen LogP contribution in [0.15, 0.2) is 24.3 Å². The number of amides is 2. The number of carbonyl (C=O) groups excluding carboxylic acids is 1. The summed E-state index contributed by atoms with van der Waals surface area (Å²) in [6.45, 7) is 4.29. The molecular weight excluding hydrogens is 280 g/mol. The molecule has 20 heavy (non-hydrogen) atoms. The van der Waals surface area contributed by atoms with Gasteiger partial charge in [0.05, 0.1) is 0 Å².